The molecule has 69 valence electrons. The third kappa shape index (κ3) is 2.97. The van der Waals surface area contributed by atoms with E-state index in [-0.39, 0.29) is 0 Å². The molecule has 0 saturated heterocycles. The van der Waals surface area contributed by atoms with Crippen molar-refractivity contribution in [1.82, 2.24) is 4.90 Å². The molecule has 1 rings (SSSR count). The van der Waals surface area contributed by atoms with Crippen LogP contribution in [-0.4, -0.2) is 35.8 Å². The molecule has 3 radical (unpaired) electrons. The Morgan fingerprint density at radius 1 is 1.31 bits per heavy atom. The molecule has 1 unspecified atom stereocenters. The first kappa shape index (κ1) is 10.5. The lowest BCUT2D eigenvalue weighted by Gasteiger charge is -2.18. The number of hydrogen-bond acceptors (Lipinski definition) is 1. The highest BCUT2D eigenvalue weighted by molar-refractivity contribution is 6.33. The molecule has 1 nitrogen and oxygen atoms in total. The minimum Gasteiger partial charge on any atom is -0.309 e. The van der Waals surface area contributed by atoms with Crippen molar-refractivity contribution in [2.24, 2.45) is 0 Å². The van der Waals surface area contributed by atoms with Crippen LogP contribution in [0.25, 0.3) is 0 Å². The summed E-state index contributed by atoms with van der Waals surface area (Å²) in [6.07, 6.45) is 0. The van der Waals surface area contributed by atoms with Crippen molar-refractivity contribution in [1.29, 1.82) is 0 Å². The Kier molecular flexibility index (Phi) is 3.69. The molecule has 0 fully saturated rings. The first-order chi connectivity index (χ1) is 6.11. The van der Waals surface area contributed by atoms with Gasteiger partial charge in [-0.3, -0.25) is 0 Å². The highest BCUT2D eigenvalue weighted by Gasteiger charge is 2.07. The Morgan fingerprint density at radius 3 is 2.46 bits per heavy atom. The van der Waals surface area contributed by atoms with Crippen molar-refractivity contribution in [3.63, 3.8) is 0 Å². The van der Waals surface area contributed by atoms with Gasteiger partial charge in [0.25, 0.3) is 0 Å². The third-order valence-electron chi connectivity index (χ3n) is 2.13. The second-order valence-corrected chi connectivity index (χ2v) is 4.29. The van der Waals surface area contributed by atoms with Gasteiger partial charge in [-0.1, -0.05) is 36.4 Å². The van der Waals surface area contributed by atoms with E-state index in [0.717, 1.165) is 6.54 Å². The van der Waals surface area contributed by atoms with Crippen LogP contribution in [0.15, 0.2) is 24.3 Å². The number of rotatable bonds is 3. The quantitative estimate of drug-likeness (QED) is 0.646. The lowest BCUT2D eigenvalue weighted by Crippen LogP contribution is -2.22. The van der Waals surface area contributed by atoms with E-state index >= 15 is 0 Å². The fourth-order valence-corrected chi connectivity index (χ4v) is 2.00. The van der Waals surface area contributed by atoms with Crippen molar-refractivity contribution in [3.8, 4) is 0 Å². The van der Waals surface area contributed by atoms with Gasteiger partial charge in [0.05, 0.1) is 10.2 Å². The summed E-state index contributed by atoms with van der Waals surface area (Å²) < 4.78 is 0. The van der Waals surface area contributed by atoms with Gasteiger partial charge in [-0.05, 0) is 25.6 Å². The maximum atomic E-state index is 3.62. The number of nitrogens with zero attached hydrogens (tertiary/aromatic N) is 1. The Bertz CT molecular complexity index is 271. The summed E-state index contributed by atoms with van der Waals surface area (Å²) in [6.45, 7) is 3.33. The molecule has 0 amide bonds. The van der Waals surface area contributed by atoms with Crippen LogP contribution in [0.3, 0.4) is 0 Å². The SMILES string of the molecule is CC(CN(C)C)c1ccccc1[Si]. The smallest absolute Gasteiger partial charge is 0.0715 e. The summed E-state index contributed by atoms with van der Waals surface area (Å²) >= 11 is 0. The summed E-state index contributed by atoms with van der Waals surface area (Å²) in [7, 11) is 7.83. The van der Waals surface area contributed by atoms with Crippen LogP contribution in [0.1, 0.15) is 18.4 Å². The monoisotopic (exact) mass is 190 g/mol. The van der Waals surface area contributed by atoms with Crippen LogP contribution in [0.5, 0.6) is 0 Å². The molecule has 0 bridgehead atoms. The van der Waals surface area contributed by atoms with E-state index < -0.39 is 0 Å². The normalized spacial score (nSPS) is 13.3. The second kappa shape index (κ2) is 4.58. The van der Waals surface area contributed by atoms with E-state index in [1.54, 1.807) is 0 Å². The Balaban J connectivity index is 2.76. The maximum absolute atomic E-state index is 3.62. The molecule has 1 atom stereocenters. The highest BCUT2D eigenvalue weighted by Crippen LogP contribution is 2.12. The molecule has 0 aliphatic rings. The van der Waals surface area contributed by atoms with Gasteiger partial charge in [0.15, 0.2) is 0 Å². The van der Waals surface area contributed by atoms with Crippen LogP contribution in [0, 0.1) is 0 Å². The molecule has 1 aromatic carbocycles. The second-order valence-electron chi connectivity index (χ2n) is 3.75. The molecule has 1 aromatic rings. The summed E-state index contributed by atoms with van der Waals surface area (Å²) in [4.78, 5) is 2.21. The van der Waals surface area contributed by atoms with E-state index in [0.29, 0.717) is 5.92 Å². The van der Waals surface area contributed by atoms with Gasteiger partial charge in [-0.2, -0.15) is 0 Å². The molecule has 0 N–H and O–H groups in total. The van der Waals surface area contributed by atoms with Gasteiger partial charge >= 0.3 is 0 Å². The van der Waals surface area contributed by atoms with Crippen LogP contribution < -0.4 is 5.19 Å². The van der Waals surface area contributed by atoms with Crippen LogP contribution >= 0.6 is 0 Å². The molecule has 0 heterocycles. The summed E-state index contributed by atoms with van der Waals surface area (Å²) in [5, 5.41) is 1.21. The summed E-state index contributed by atoms with van der Waals surface area (Å²) in [5.41, 5.74) is 1.38. The standard InChI is InChI=1S/C11H16NSi/c1-9(8-12(2)3)10-6-4-5-7-11(10)13/h4-7,9H,8H2,1-3H3. The van der Waals surface area contributed by atoms with E-state index in [9.17, 15) is 0 Å². The first-order valence-corrected chi connectivity index (χ1v) is 5.06. The van der Waals surface area contributed by atoms with Crippen molar-refractivity contribution in [2.45, 2.75) is 12.8 Å². The predicted octanol–water partition coefficient (Wildman–Crippen LogP) is 1.15. The van der Waals surface area contributed by atoms with Gasteiger partial charge in [0, 0.05) is 6.54 Å². The largest absolute Gasteiger partial charge is 0.309 e. The van der Waals surface area contributed by atoms with Crippen molar-refractivity contribution < 1.29 is 0 Å². The lowest BCUT2D eigenvalue weighted by molar-refractivity contribution is 0.383. The molecule has 0 aliphatic heterocycles. The molecule has 0 aromatic heterocycles. The Morgan fingerprint density at radius 2 is 1.92 bits per heavy atom. The topological polar surface area (TPSA) is 3.24 Å². The van der Waals surface area contributed by atoms with Crippen molar-refractivity contribution in [3.05, 3.63) is 29.8 Å². The lowest BCUT2D eigenvalue weighted by atomic mass is 10.0. The fourth-order valence-electron chi connectivity index (χ4n) is 1.57. The Hall–Kier alpha value is -0.603. The van der Waals surface area contributed by atoms with Crippen molar-refractivity contribution in [2.75, 3.05) is 20.6 Å². The number of benzene rings is 1. The predicted molar refractivity (Wildman–Crippen MR) is 58.8 cm³/mol. The molecule has 0 spiro atoms. The van der Waals surface area contributed by atoms with Crippen LogP contribution in [0.2, 0.25) is 0 Å². The average molecular weight is 190 g/mol. The number of likely N-dealkylation sites (N-methyl/N-ethyl adjacent to an activating group) is 1. The van der Waals surface area contributed by atoms with Gasteiger partial charge in [-0.15, -0.1) is 0 Å². The number of hydrogen-bond donors (Lipinski definition) is 0. The van der Waals surface area contributed by atoms with Gasteiger partial charge in [0.2, 0.25) is 0 Å². The van der Waals surface area contributed by atoms with E-state index in [4.69, 9.17) is 0 Å². The third-order valence-corrected chi connectivity index (χ3v) is 2.59. The molecule has 2 heteroatoms. The zero-order valence-corrected chi connectivity index (χ0v) is 9.54. The van der Waals surface area contributed by atoms with Crippen LogP contribution in [-0.2, 0) is 0 Å². The van der Waals surface area contributed by atoms with Gasteiger partial charge in [-0.25, -0.2) is 0 Å². The summed E-state index contributed by atoms with van der Waals surface area (Å²) in [5.74, 6) is 0.573. The maximum Gasteiger partial charge on any atom is 0.0715 e. The Labute approximate surface area is 84.2 Å². The van der Waals surface area contributed by atoms with Gasteiger partial charge < -0.3 is 4.90 Å². The molecule has 0 aliphatic carbocycles. The van der Waals surface area contributed by atoms with E-state index in [1.807, 2.05) is 6.07 Å². The average Bonchev–Trinajstić information content (AvgIpc) is 2.03. The molecular weight excluding hydrogens is 174 g/mol. The fraction of sp³-hybridized carbons (Fsp3) is 0.455. The molecule has 0 saturated carbocycles. The minimum atomic E-state index is 0.573. The van der Waals surface area contributed by atoms with Crippen molar-refractivity contribution >= 4 is 15.4 Å². The minimum absolute atomic E-state index is 0.573. The zero-order valence-electron chi connectivity index (χ0n) is 8.54. The highest BCUT2D eigenvalue weighted by atomic mass is 28.1. The molecular formula is C11H16NSi. The summed E-state index contributed by atoms with van der Waals surface area (Å²) in [6, 6.07) is 8.41. The molecule has 13 heavy (non-hydrogen) atoms. The zero-order chi connectivity index (χ0) is 9.84. The van der Waals surface area contributed by atoms with E-state index in [2.05, 4.69) is 54.4 Å². The first-order valence-electron chi connectivity index (χ1n) is 4.56. The van der Waals surface area contributed by atoms with Gasteiger partial charge in [0.1, 0.15) is 0 Å². The van der Waals surface area contributed by atoms with E-state index in [1.165, 1.54) is 10.8 Å². The van der Waals surface area contributed by atoms with Crippen LogP contribution in [0.4, 0.5) is 0 Å².